The summed E-state index contributed by atoms with van der Waals surface area (Å²) in [7, 11) is 0. The number of thiocarbonyl (C=S) groups is 1. The first-order valence-corrected chi connectivity index (χ1v) is 2.91. The molecule has 1 N–H and O–H groups in total. The Morgan fingerprint density at radius 2 is 2.29 bits per heavy atom. The molecule has 0 aromatic rings. The van der Waals surface area contributed by atoms with E-state index in [-0.39, 0.29) is 0 Å². The van der Waals surface area contributed by atoms with E-state index >= 15 is 0 Å². The van der Waals surface area contributed by atoms with Gasteiger partial charge in [-0.2, -0.15) is 0 Å². The van der Waals surface area contributed by atoms with Crippen LogP contribution in [0.4, 0.5) is 0 Å². The van der Waals surface area contributed by atoms with E-state index in [0.29, 0.717) is 5.92 Å². The fourth-order valence-electron chi connectivity index (χ4n) is 0.284. The van der Waals surface area contributed by atoms with Gasteiger partial charge in [-0.15, -0.1) is 0 Å². The summed E-state index contributed by atoms with van der Waals surface area (Å²) in [5.41, 5.74) is 1.56. The Kier molecular flexibility index (Phi) is 4.00. The highest BCUT2D eigenvalue weighted by molar-refractivity contribution is 7.78. The molecule has 0 aliphatic heterocycles. The van der Waals surface area contributed by atoms with E-state index in [4.69, 9.17) is 0 Å². The van der Waals surface area contributed by atoms with Crippen molar-refractivity contribution in [1.82, 2.24) is 5.32 Å². The van der Waals surface area contributed by atoms with Crippen LogP contribution in [0.15, 0.2) is 0 Å². The molecule has 0 fully saturated rings. The Hall–Kier alpha value is -0.110. The van der Waals surface area contributed by atoms with Crippen LogP contribution in [0.1, 0.15) is 13.8 Å². The molecule has 0 aromatic heterocycles. The van der Waals surface area contributed by atoms with Crippen molar-refractivity contribution in [3.05, 3.63) is 0 Å². The van der Waals surface area contributed by atoms with Crippen LogP contribution in [0.2, 0.25) is 0 Å². The zero-order valence-electron chi connectivity index (χ0n) is 4.77. The second kappa shape index (κ2) is 4.06. The molecule has 0 heterocycles. The lowest BCUT2D eigenvalue weighted by Crippen LogP contribution is -2.15. The Morgan fingerprint density at radius 1 is 1.71 bits per heavy atom. The van der Waals surface area contributed by atoms with Gasteiger partial charge in [0.25, 0.3) is 0 Å². The van der Waals surface area contributed by atoms with Crippen LogP contribution in [-0.4, -0.2) is 12.0 Å². The van der Waals surface area contributed by atoms with Crippen LogP contribution in [0, 0.1) is 5.92 Å². The molecule has 0 aliphatic rings. The Morgan fingerprint density at radius 3 is 2.43 bits per heavy atom. The second-order valence-corrected chi connectivity index (χ2v) is 2.16. The summed E-state index contributed by atoms with van der Waals surface area (Å²) >= 11 is 4.53. The summed E-state index contributed by atoms with van der Waals surface area (Å²) < 4.78 is 0. The number of rotatable bonds is 3. The van der Waals surface area contributed by atoms with Crippen molar-refractivity contribution in [3.63, 3.8) is 0 Å². The Labute approximate surface area is 50.1 Å². The zero-order valence-corrected chi connectivity index (χ0v) is 5.59. The van der Waals surface area contributed by atoms with E-state index in [1.165, 1.54) is 0 Å². The molecule has 7 heavy (non-hydrogen) atoms. The van der Waals surface area contributed by atoms with Gasteiger partial charge in [0, 0.05) is 6.54 Å². The highest BCUT2D eigenvalue weighted by Gasteiger charge is 1.85. The van der Waals surface area contributed by atoms with Gasteiger partial charge in [-0.3, -0.25) is 0 Å². The molecule has 0 saturated carbocycles. The molecule has 0 aliphatic carbocycles. The molecule has 42 valence electrons. The topological polar surface area (TPSA) is 12.0 Å². The quantitative estimate of drug-likeness (QED) is 0.557. The minimum Gasteiger partial charge on any atom is -0.382 e. The molecule has 0 rings (SSSR count). The van der Waals surface area contributed by atoms with Crippen molar-refractivity contribution < 1.29 is 0 Å². The zero-order chi connectivity index (χ0) is 5.70. The maximum absolute atomic E-state index is 4.53. The molecule has 2 heteroatoms. The van der Waals surface area contributed by atoms with Crippen molar-refractivity contribution in [2.45, 2.75) is 13.8 Å². The summed E-state index contributed by atoms with van der Waals surface area (Å²) in [6.07, 6.45) is 0. The normalized spacial score (nSPS) is 9.00. The average molecular weight is 117 g/mol. The first-order chi connectivity index (χ1) is 3.27. The van der Waals surface area contributed by atoms with Crippen LogP contribution in [0.5, 0.6) is 0 Å². The van der Waals surface area contributed by atoms with Gasteiger partial charge in [0.15, 0.2) is 0 Å². The molecule has 1 nitrogen and oxygen atoms in total. The minimum atomic E-state index is 0.694. The molecule has 0 unspecified atom stereocenters. The third-order valence-corrected chi connectivity index (χ3v) is 0.776. The monoisotopic (exact) mass is 117 g/mol. The maximum Gasteiger partial charge on any atom is 0.0614 e. The Balaban J connectivity index is 2.81. The highest BCUT2D eigenvalue weighted by Crippen LogP contribution is 1.84. The van der Waals surface area contributed by atoms with Crippen molar-refractivity contribution >= 4 is 17.7 Å². The smallest absolute Gasteiger partial charge is 0.0614 e. The lowest BCUT2D eigenvalue weighted by Gasteiger charge is -2.00. The summed E-state index contributed by atoms with van der Waals surface area (Å²) in [6, 6.07) is 0. The molecule has 0 atom stereocenters. The van der Waals surface area contributed by atoms with Gasteiger partial charge in [0.1, 0.15) is 0 Å². The lowest BCUT2D eigenvalue weighted by molar-refractivity contribution is 0.631. The van der Waals surface area contributed by atoms with Crippen LogP contribution >= 0.6 is 12.2 Å². The summed E-state index contributed by atoms with van der Waals surface area (Å²) in [5, 5.41) is 2.94. The van der Waals surface area contributed by atoms with Crippen LogP contribution in [-0.2, 0) is 0 Å². The molecular weight excluding hydrogens is 106 g/mol. The average Bonchev–Trinajstić information content (AvgIpc) is 1.61. The summed E-state index contributed by atoms with van der Waals surface area (Å²) in [6.45, 7) is 5.28. The van der Waals surface area contributed by atoms with Crippen molar-refractivity contribution in [1.29, 1.82) is 0 Å². The molecular formula is C5H11NS. The SMILES string of the molecule is CC(C)CNC=S. The van der Waals surface area contributed by atoms with Gasteiger partial charge in [-0.05, 0) is 5.92 Å². The molecule has 0 radical (unpaired) electrons. The predicted octanol–water partition coefficient (Wildman–Crippen LogP) is 1.19. The molecule has 0 saturated heterocycles. The standard InChI is InChI=1S/C5H11NS/c1-5(2)3-6-4-7/h4-5H,3H2,1-2H3,(H,6,7). The maximum atomic E-state index is 4.53. The van der Waals surface area contributed by atoms with Gasteiger partial charge in [-0.1, -0.05) is 26.1 Å². The third-order valence-electron chi connectivity index (χ3n) is 0.609. The highest BCUT2D eigenvalue weighted by atomic mass is 32.1. The van der Waals surface area contributed by atoms with E-state index in [1.807, 2.05) is 0 Å². The summed E-state index contributed by atoms with van der Waals surface area (Å²) in [5.74, 6) is 0.694. The fraction of sp³-hybridized carbons (Fsp3) is 0.800. The van der Waals surface area contributed by atoms with Gasteiger partial charge >= 0.3 is 0 Å². The molecule has 0 spiro atoms. The van der Waals surface area contributed by atoms with Crippen LogP contribution < -0.4 is 5.32 Å². The third kappa shape index (κ3) is 5.89. The van der Waals surface area contributed by atoms with E-state index in [0.717, 1.165) is 6.54 Å². The lowest BCUT2D eigenvalue weighted by atomic mass is 10.2. The Bertz CT molecular complexity index is 52.0. The van der Waals surface area contributed by atoms with Crippen molar-refractivity contribution in [2.75, 3.05) is 6.54 Å². The van der Waals surface area contributed by atoms with Gasteiger partial charge < -0.3 is 5.32 Å². The van der Waals surface area contributed by atoms with Crippen LogP contribution in [0.3, 0.4) is 0 Å². The van der Waals surface area contributed by atoms with Gasteiger partial charge in [-0.25, -0.2) is 0 Å². The first-order valence-electron chi connectivity index (χ1n) is 2.44. The minimum absolute atomic E-state index is 0.694. The van der Waals surface area contributed by atoms with Gasteiger partial charge in [0.2, 0.25) is 0 Å². The van der Waals surface area contributed by atoms with E-state index < -0.39 is 0 Å². The van der Waals surface area contributed by atoms with Crippen molar-refractivity contribution in [3.8, 4) is 0 Å². The number of hydrogen-bond donors (Lipinski definition) is 1. The largest absolute Gasteiger partial charge is 0.382 e. The first kappa shape index (κ1) is 6.89. The van der Waals surface area contributed by atoms with Crippen molar-refractivity contribution in [2.24, 2.45) is 5.92 Å². The second-order valence-electron chi connectivity index (χ2n) is 1.92. The molecule has 0 bridgehead atoms. The van der Waals surface area contributed by atoms with E-state index in [9.17, 15) is 0 Å². The molecule has 0 aromatic carbocycles. The van der Waals surface area contributed by atoms with Crippen LogP contribution in [0.25, 0.3) is 0 Å². The van der Waals surface area contributed by atoms with Gasteiger partial charge in [0.05, 0.1) is 5.49 Å². The molecule has 0 amide bonds. The van der Waals surface area contributed by atoms with E-state index in [2.05, 4.69) is 31.4 Å². The number of nitrogens with one attached hydrogen (secondary N) is 1. The number of hydrogen-bond acceptors (Lipinski definition) is 1. The fourth-order valence-corrected chi connectivity index (χ4v) is 0.380. The predicted molar refractivity (Wildman–Crippen MR) is 36.5 cm³/mol. The summed E-state index contributed by atoms with van der Waals surface area (Å²) in [4.78, 5) is 0. The van der Waals surface area contributed by atoms with E-state index in [1.54, 1.807) is 5.49 Å².